The lowest BCUT2D eigenvalue weighted by Crippen LogP contribution is -2.44. The highest BCUT2D eigenvalue weighted by Crippen LogP contribution is 2.28. The first-order chi connectivity index (χ1) is 8.59. The van der Waals surface area contributed by atoms with Crippen molar-refractivity contribution in [3.05, 3.63) is 28.2 Å². The fourth-order valence-corrected chi connectivity index (χ4v) is 3.24. The first kappa shape index (κ1) is 13.3. The summed E-state index contributed by atoms with van der Waals surface area (Å²) in [5, 5.41) is 6.06. The molecule has 1 aromatic heterocycles. The third-order valence-electron chi connectivity index (χ3n) is 3.36. The van der Waals surface area contributed by atoms with Crippen molar-refractivity contribution in [3.8, 4) is 0 Å². The average molecular weight is 314 g/mol. The van der Waals surface area contributed by atoms with Crippen molar-refractivity contribution in [3.63, 3.8) is 0 Å². The van der Waals surface area contributed by atoms with Gasteiger partial charge in [-0.25, -0.2) is 5.10 Å². The van der Waals surface area contributed by atoms with Gasteiger partial charge >= 0.3 is 0 Å². The summed E-state index contributed by atoms with van der Waals surface area (Å²) in [6.45, 7) is 0. The van der Waals surface area contributed by atoms with Crippen LogP contribution in [-0.4, -0.2) is 38.9 Å². The van der Waals surface area contributed by atoms with Crippen molar-refractivity contribution in [2.45, 2.75) is 36.6 Å². The quantitative estimate of drug-likeness (QED) is 0.842. The third kappa shape index (κ3) is 2.80. The Morgan fingerprint density at radius 1 is 1.44 bits per heavy atom. The number of hydrogen-bond acceptors (Lipinski definition) is 3. The highest BCUT2D eigenvalue weighted by molar-refractivity contribution is 9.09. The van der Waals surface area contributed by atoms with Crippen molar-refractivity contribution < 1.29 is 4.79 Å². The zero-order valence-corrected chi connectivity index (χ0v) is 11.8. The second-order valence-corrected chi connectivity index (χ2v) is 5.77. The molecular weight excluding hydrogens is 298 g/mol. The van der Waals surface area contributed by atoms with Crippen LogP contribution in [0.2, 0.25) is 0 Å². The number of carbonyl (C=O) groups excluding carboxylic acids is 1. The van der Waals surface area contributed by atoms with Gasteiger partial charge in [0.1, 0.15) is 5.69 Å². The maximum atomic E-state index is 12.2. The van der Waals surface area contributed by atoms with Crippen LogP contribution in [0.4, 0.5) is 0 Å². The Kier molecular flexibility index (Phi) is 4.16. The van der Waals surface area contributed by atoms with Gasteiger partial charge in [0.25, 0.3) is 11.5 Å². The molecule has 1 amide bonds. The van der Waals surface area contributed by atoms with Crippen molar-refractivity contribution in [1.82, 2.24) is 15.1 Å². The van der Waals surface area contributed by atoms with Gasteiger partial charge in [0.05, 0.1) is 0 Å². The van der Waals surface area contributed by atoms with E-state index in [0.29, 0.717) is 4.83 Å². The fourth-order valence-electron chi connectivity index (χ4n) is 2.30. The van der Waals surface area contributed by atoms with E-state index >= 15 is 0 Å². The number of H-pyrrole nitrogens is 1. The number of rotatable bonds is 2. The van der Waals surface area contributed by atoms with Gasteiger partial charge in [-0.05, 0) is 18.9 Å². The van der Waals surface area contributed by atoms with Crippen LogP contribution in [0.25, 0.3) is 0 Å². The monoisotopic (exact) mass is 313 g/mol. The lowest BCUT2D eigenvalue weighted by atomic mass is 9.94. The number of nitrogens with one attached hydrogen (secondary N) is 1. The van der Waals surface area contributed by atoms with E-state index in [1.54, 1.807) is 11.9 Å². The van der Waals surface area contributed by atoms with Gasteiger partial charge in [0.2, 0.25) is 0 Å². The Labute approximate surface area is 114 Å². The molecule has 1 aliphatic carbocycles. The minimum atomic E-state index is -0.301. The normalized spacial score (nSPS) is 23.7. The highest BCUT2D eigenvalue weighted by atomic mass is 79.9. The smallest absolute Gasteiger partial charge is 0.274 e. The number of alkyl halides is 1. The van der Waals surface area contributed by atoms with Crippen LogP contribution in [0.1, 0.15) is 36.2 Å². The second-order valence-electron chi connectivity index (χ2n) is 4.59. The van der Waals surface area contributed by atoms with Gasteiger partial charge in [-0.1, -0.05) is 28.8 Å². The van der Waals surface area contributed by atoms with E-state index in [0.717, 1.165) is 19.3 Å². The molecule has 1 aromatic rings. The first-order valence-electron chi connectivity index (χ1n) is 6.06. The van der Waals surface area contributed by atoms with Crippen LogP contribution in [0.15, 0.2) is 16.9 Å². The summed E-state index contributed by atoms with van der Waals surface area (Å²) in [5.74, 6) is -0.150. The van der Waals surface area contributed by atoms with E-state index in [9.17, 15) is 9.59 Å². The summed E-state index contributed by atoms with van der Waals surface area (Å²) < 4.78 is 0. The minimum Gasteiger partial charge on any atom is -0.336 e. The molecule has 0 saturated heterocycles. The van der Waals surface area contributed by atoms with Gasteiger partial charge in [-0.15, -0.1) is 0 Å². The SMILES string of the molecule is CN(C(=O)c1ccc(=O)[nH]n1)C1CCCCC1Br. The van der Waals surface area contributed by atoms with Crippen LogP contribution >= 0.6 is 15.9 Å². The van der Waals surface area contributed by atoms with Crippen LogP contribution < -0.4 is 5.56 Å². The fraction of sp³-hybridized carbons (Fsp3) is 0.583. The predicted octanol–water partition coefficient (Wildman–Crippen LogP) is 1.55. The Balaban J connectivity index is 2.12. The Bertz CT molecular complexity index is 468. The van der Waals surface area contributed by atoms with E-state index < -0.39 is 0 Å². The van der Waals surface area contributed by atoms with Crippen molar-refractivity contribution in [2.75, 3.05) is 7.05 Å². The van der Waals surface area contributed by atoms with E-state index in [1.165, 1.54) is 18.6 Å². The first-order valence-corrected chi connectivity index (χ1v) is 6.98. The van der Waals surface area contributed by atoms with Crippen molar-refractivity contribution >= 4 is 21.8 Å². The molecule has 1 heterocycles. The topological polar surface area (TPSA) is 66.1 Å². The molecule has 0 radical (unpaired) electrons. The molecule has 2 rings (SSSR count). The summed E-state index contributed by atoms with van der Waals surface area (Å²) >= 11 is 3.64. The number of hydrogen-bond donors (Lipinski definition) is 1. The number of nitrogens with zero attached hydrogens (tertiary/aromatic N) is 2. The molecule has 0 bridgehead atoms. The standard InChI is InChI=1S/C12H16BrN3O2/c1-16(10-5-3-2-4-8(10)13)12(18)9-6-7-11(17)15-14-9/h6-8,10H,2-5H2,1H3,(H,15,17). The number of aromatic nitrogens is 2. The average Bonchev–Trinajstić information content (AvgIpc) is 2.38. The largest absolute Gasteiger partial charge is 0.336 e. The molecule has 1 saturated carbocycles. The van der Waals surface area contributed by atoms with E-state index in [-0.39, 0.29) is 23.2 Å². The van der Waals surface area contributed by atoms with E-state index in [2.05, 4.69) is 26.1 Å². The zero-order chi connectivity index (χ0) is 13.1. The summed E-state index contributed by atoms with van der Waals surface area (Å²) in [5.41, 5.74) is -0.0207. The molecule has 2 atom stereocenters. The second kappa shape index (κ2) is 5.65. The van der Waals surface area contributed by atoms with Gasteiger partial charge < -0.3 is 4.90 Å². The Morgan fingerprint density at radius 3 is 2.78 bits per heavy atom. The van der Waals surface area contributed by atoms with Gasteiger partial charge in [0, 0.05) is 24.0 Å². The van der Waals surface area contributed by atoms with Gasteiger partial charge in [-0.2, -0.15) is 5.10 Å². The lowest BCUT2D eigenvalue weighted by Gasteiger charge is -2.34. The van der Waals surface area contributed by atoms with Crippen LogP contribution in [0, 0.1) is 0 Å². The molecule has 0 aliphatic heterocycles. The summed E-state index contributed by atoms with van der Waals surface area (Å²) in [6.07, 6.45) is 4.43. The Morgan fingerprint density at radius 2 is 2.17 bits per heavy atom. The molecule has 0 spiro atoms. The molecule has 1 fully saturated rings. The van der Waals surface area contributed by atoms with Crippen molar-refractivity contribution in [2.24, 2.45) is 0 Å². The lowest BCUT2D eigenvalue weighted by molar-refractivity contribution is 0.0697. The zero-order valence-electron chi connectivity index (χ0n) is 10.2. The van der Waals surface area contributed by atoms with Crippen LogP contribution in [0.5, 0.6) is 0 Å². The Hall–Kier alpha value is -1.17. The van der Waals surface area contributed by atoms with Crippen LogP contribution in [0.3, 0.4) is 0 Å². The molecular formula is C12H16BrN3O2. The van der Waals surface area contributed by atoms with Crippen LogP contribution in [-0.2, 0) is 0 Å². The third-order valence-corrected chi connectivity index (χ3v) is 4.43. The van der Waals surface area contributed by atoms with Crippen molar-refractivity contribution in [1.29, 1.82) is 0 Å². The maximum Gasteiger partial charge on any atom is 0.274 e. The molecule has 1 aliphatic rings. The van der Waals surface area contributed by atoms with Gasteiger partial charge in [-0.3, -0.25) is 9.59 Å². The molecule has 6 heteroatoms. The highest BCUT2D eigenvalue weighted by Gasteiger charge is 2.29. The predicted molar refractivity (Wildman–Crippen MR) is 71.9 cm³/mol. The molecule has 2 unspecified atom stereocenters. The molecule has 0 aromatic carbocycles. The molecule has 1 N–H and O–H groups in total. The number of carbonyl (C=O) groups is 1. The number of aromatic amines is 1. The summed E-state index contributed by atoms with van der Waals surface area (Å²) in [6, 6.07) is 2.98. The minimum absolute atomic E-state index is 0.150. The summed E-state index contributed by atoms with van der Waals surface area (Å²) in [7, 11) is 1.79. The van der Waals surface area contributed by atoms with E-state index in [1.807, 2.05) is 0 Å². The van der Waals surface area contributed by atoms with E-state index in [4.69, 9.17) is 0 Å². The molecule has 18 heavy (non-hydrogen) atoms. The number of halogens is 1. The summed E-state index contributed by atoms with van der Waals surface area (Å²) in [4.78, 5) is 25.2. The number of amides is 1. The maximum absolute atomic E-state index is 12.2. The molecule has 98 valence electrons. The van der Waals surface area contributed by atoms with Gasteiger partial charge in [0.15, 0.2) is 0 Å². The molecule has 5 nitrogen and oxygen atoms in total.